The summed E-state index contributed by atoms with van der Waals surface area (Å²) >= 11 is 11.5. The van der Waals surface area contributed by atoms with Gasteiger partial charge in [0.25, 0.3) is 0 Å². The van der Waals surface area contributed by atoms with Crippen LogP contribution < -0.4 is 4.74 Å². The highest BCUT2D eigenvalue weighted by molar-refractivity contribution is 6.42. The molecule has 0 aromatic carbocycles. The van der Waals surface area contributed by atoms with Crippen molar-refractivity contribution < 1.29 is 4.74 Å². The second kappa shape index (κ2) is 4.63. The molecule has 0 amide bonds. The van der Waals surface area contributed by atoms with Gasteiger partial charge in [-0.1, -0.05) is 37.0 Å². The van der Waals surface area contributed by atoms with Crippen molar-refractivity contribution in [3.8, 4) is 5.75 Å². The summed E-state index contributed by atoms with van der Waals surface area (Å²) in [4.78, 5) is 0. The van der Waals surface area contributed by atoms with Crippen molar-refractivity contribution >= 4 is 23.2 Å². The molecule has 0 unspecified atom stereocenters. The van der Waals surface area contributed by atoms with Crippen molar-refractivity contribution in [2.24, 2.45) is 5.92 Å². The largest absolute Gasteiger partial charge is 0.490 e. The van der Waals surface area contributed by atoms with E-state index in [1.807, 2.05) is 13.8 Å². The lowest BCUT2D eigenvalue weighted by Crippen LogP contribution is -2.05. The molecule has 0 spiro atoms. The Hall–Kier alpha value is -0.540. The quantitative estimate of drug-likeness (QED) is 0.787. The predicted octanol–water partition coefficient (Wildman–Crippen LogP) is 2.82. The van der Waals surface area contributed by atoms with Crippen LogP contribution >= 0.6 is 23.2 Å². The molecule has 0 aliphatic carbocycles. The number of nitrogens with zero attached hydrogens (tertiary/aromatic N) is 2. The van der Waals surface area contributed by atoms with Crippen LogP contribution in [0.3, 0.4) is 0 Å². The molecular formula is C8H10Cl2N2O. The van der Waals surface area contributed by atoms with Gasteiger partial charge in [-0.15, -0.1) is 5.10 Å². The summed E-state index contributed by atoms with van der Waals surface area (Å²) in [6, 6.07) is 0. The molecule has 1 heterocycles. The number of rotatable bonds is 3. The maximum absolute atomic E-state index is 5.82. The fourth-order valence-electron chi connectivity index (χ4n) is 0.691. The smallest absolute Gasteiger partial charge is 0.174 e. The number of hydrogen-bond donors (Lipinski definition) is 0. The zero-order valence-electron chi connectivity index (χ0n) is 7.42. The lowest BCUT2D eigenvalue weighted by Gasteiger charge is -2.09. The molecule has 1 rings (SSSR count). The van der Waals surface area contributed by atoms with Gasteiger partial charge in [0.2, 0.25) is 0 Å². The van der Waals surface area contributed by atoms with Gasteiger partial charge in [0.15, 0.2) is 10.9 Å². The van der Waals surface area contributed by atoms with E-state index in [-0.39, 0.29) is 5.15 Å². The average molecular weight is 221 g/mol. The molecule has 0 N–H and O–H groups in total. The third-order valence-corrected chi connectivity index (χ3v) is 2.02. The first-order valence-corrected chi connectivity index (χ1v) is 4.66. The second-order valence-corrected chi connectivity index (χ2v) is 3.75. The van der Waals surface area contributed by atoms with Crippen LogP contribution in [-0.4, -0.2) is 16.8 Å². The number of hydrogen-bond acceptors (Lipinski definition) is 3. The van der Waals surface area contributed by atoms with Gasteiger partial charge in [-0.25, -0.2) is 0 Å². The van der Waals surface area contributed by atoms with Gasteiger partial charge in [-0.2, -0.15) is 5.10 Å². The van der Waals surface area contributed by atoms with Crippen LogP contribution in [0.2, 0.25) is 10.2 Å². The Morgan fingerprint density at radius 1 is 1.46 bits per heavy atom. The molecule has 0 fully saturated rings. The first-order valence-electron chi connectivity index (χ1n) is 3.90. The third kappa shape index (κ3) is 3.01. The fraction of sp³-hybridized carbons (Fsp3) is 0.500. The zero-order chi connectivity index (χ0) is 9.84. The molecule has 1 aromatic heterocycles. The molecule has 0 aliphatic heterocycles. The van der Waals surface area contributed by atoms with E-state index in [1.165, 1.54) is 6.20 Å². The number of ether oxygens (including phenoxy) is 1. The highest BCUT2D eigenvalue weighted by Crippen LogP contribution is 2.28. The predicted molar refractivity (Wildman–Crippen MR) is 52.4 cm³/mol. The van der Waals surface area contributed by atoms with Crippen molar-refractivity contribution in [1.29, 1.82) is 0 Å². The van der Waals surface area contributed by atoms with Crippen molar-refractivity contribution in [2.45, 2.75) is 13.8 Å². The van der Waals surface area contributed by atoms with Gasteiger partial charge in [-0.05, 0) is 5.92 Å². The maximum atomic E-state index is 5.82. The highest BCUT2D eigenvalue weighted by Gasteiger charge is 2.07. The summed E-state index contributed by atoms with van der Waals surface area (Å²) in [5, 5.41) is 7.69. The Morgan fingerprint density at radius 2 is 2.15 bits per heavy atom. The SMILES string of the molecule is CC(C)COc1cnnc(Cl)c1Cl. The summed E-state index contributed by atoms with van der Waals surface area (Å²) in [5.74, 6) is 0.915. The van der Waals surface area contributed by atoms with E-state index in [0.29, 0.717) is 23.3 Å². The van der Waals surface area contributed by atoms with Crippen LogP contribution in [0.15, 0.2) is 6.20 Å². The third-order valence-electron chi connectivity index (χ3n) is 1.29. The van der Waals surface area contributed by atoms with Gasteiger partial charge >= 0.3 is 0 Å². The summed E-state index contributed by atoms with van der Waals surface area (Å²) in [7, 11) is 0. The minimum absolute atomic E-state index is 0.169. The molecular weight excluding hydrogens is 211 g/mol. The Labute approximate surface area is 87.0 Å². The monoisotopic (exact) mass is 220 g/mol. The minimum Gasteiger partial charge on any atom is -0.490 e. The average Bonchev–Trinajstić information content (AvgIpc) is 2.07. The van der Waals surface area contributed by atoms with E-state index in [2.05, 4.69) is 10.2 Å². The molecule has 0 bridgehead atoms. The molecule has 0 aliphatic rings. The Balaban J connectivity index is 2.71. The van der Waals surface area contributed by atoms with Crippen LogP contribution in [0, 0.1) is 5.92 Å². The van der Waals surface area contributed by atoms with Crippen LogP contribution in [0.25, 0.3) is 0 Å². The zero-order valence-corrected chi connectivity index (χ0v) is 8.93. The van der Waals surface area contributed by atoms with Crippen molar-refractivity contribution in [3.63, 3.8) is 0 Å². The fourth-order valence-corrected chi connectivity index (χ4v) is 0.969. The van der Waals surface area contributed by atoms with Crippen LogP contribution in [-0.2, 0) is 0 Å². The summed E-state index contributed by atoms with van der Waals surface area (Å²) in [5.41, 5.74) is 0. The topological polar surface area (TPSA) is 35.0 Å². The Kier molecular flexibility index (Phi) is 3.75. The van der Waals surface area contributed by atoms with E-state index in [9.17, 15) is 0 Å². The molecule has 0 atom stereocenters. The van der Waals surface area contributed by atoms with Crippen LogP contribution in [0.4, 0.5) is 0 Å². The standard InChI is InChI=1S/C8H10Cl2N2O/c1-5(2)4-13-6-3-11-12-8(10)7(6)9/h3,5H,4H2,1-2H3. The Morgan fingerprint density at radius 3 is 2.77 bits per heavy atom. The summed E-state index contributed by atoms with van der Waals surface area (Å²) in [6.07, 6.45) is 1.45. The molecule has 3 nitrogen and oxygen atoms in total. The Bertz CT molecular complexity index is 291. The molecule has 0 radical (unpaired) electrons. The molecule has 0 saturated carbocycles. The molecule has 1 aromatic rings. The first kappa shape index (κ1) is 10.5. The maximum Gasteiger partial charge on any atom is 0.174 e. The molecule has 13 heavy (non-hydrogen) atoms. The van der Waals surface area contributed by atoms with Gasteiger partial charge in [0, 0.05) is 0 Å². The van der Waals surface area contributed by atoms with Crippen LogP contribution in [0.5, 0.6) is 5.75 Å². The van der Waals surface area contributed by atoms with Crippen molar-refractivity contribution in [2.75, 3.05) is 6.61 Å². The summed E-state index contributed by atoms with van der Waals surface area (Å²) < 4.78 is 5.36. The number of aromatic nitrogens is 2. The van der Waals surface area contributed by atoms with Crippen LogP contribution in [0.1, 0.15) is 13.8 Å². The first-order chi connectivity index (χ1) is 6.11. The lowest BCUT2D eigenvalue weighted by atomic mass is 10.2. The minimum atomic E-state index is 0.169. The molecule has 0 saturated heterocycles. The van der Waals surface area contributed by atoms with E-state index in [0.717, 1.165) is 0 Å². The molecule has 72 valence electrons. The van der Waals surface area contributed by atoms with Crippen molar-refractivity contribution in [3.05, 3.63) is 16.4 Å². The molecule has 5 heteroatoms. The summed E-state index contributed by atoms with van der Waals surface area (Å²) in [6.45, 7) is 4.68. The van der Waals surface area contributed by atoms with Gasteiger partial charge < -0.3 is 4.74 Å². The lowest BCUT2D eigenvalue weighted by molar-refractivity contribution is 0.270. The van der Waals surface area contributed by atoms with Gasteiger partial charge in [-0.3, -0.25) is 0 Å². The van der Waals surface area contributed by atoms with E-state index in [4.69, 9.17) is 27.9 Å². The van der Waals surface area contributed by atoms with Gasteiger partial charge in [0.1, 0.15) is 5.02 Å². The van der Waals surface area contributed by atoms with E-state index in [1.54, 1.807) is 0 Å². The van der Waals surface area contributed by atoms with Gasteiger partial charge in [0.05, 0.1) is 12.8 Å². The van der Waals surface area contributed by atoms with Crippen molar-refractivity contribution in [1.82, 2.24) is 10.2 Å². The van der Waals surface area contributed by atoms with E-state index < -0.39 is 0 Å². The number of halogens is 2. The normalized spacial score (nSPS) is 10.5. The highest BCUT2D eigenvalue weighted by atomic mass is 35.5. The second-order valence-electron chi connectivity index (χ2n) is 3.02. The van der Waals surface area contributed by atoms with E-state index >= 15 is 0 Å².